The Balaban J connectivity index is 1.51. The fourth-order valence-corrected chi connectivity index (χ4v) is 2.64. The fraction of sp³-hybridized carbons (Fsp3) is 0.0500. The number of hydrogen-bond acceptors (Lipinski definition) is 6. The number of hydrogen-bond donors (Lipinski definition) is 2. The molecular formula is C20H16N6O. The highest BCUT2D eigenvalue weighted by atomic mass is 16.1. The molecule has 132 valence electrons. The van der Waals surface area contributed by atoms with E-state index in [0.717, 1.165) is 22.3 Å². The van der Waals surface area contributed by atoms with Crippen LogP contribution < -0.4 is 10.6 Å². The zero-order valence-corrected chi connectivity index (χ0v) is 14.3. The lowest BCUT2D eigenvalue weighted by Crippen LogP contribution is -2.24. The molecule has 7 nitrogen and oxygen atoms in total. The van der Waals surface area contributed by atoms with E-state index in [4.69, 9.17) is 0 Å². The van der Waals surface area contributed by atoms with E-state index >= 15 is 0 Å². The first-order valence-corrected chi connectivity index (χ1v) is 8.41. The Labute approximate surface area is 155 Å². The third-order valence-electron chi connectivity index (χ3n) is 3.92. The van der Waals surface area contributed by atoms with Gasteiger partial charge in [-0.2, -0.15) is 0 Å². The molecule has 0 aliphatic heterocycles. The topological polar surface area (TPSA) is 92.7 Å². The maximum Gasteiger partial charge on any atom is 0.270 e. The second-order valence-electron chi connectivity index (χ2n) is 5.77. The first-order chi connectivity index (χ1) is 13.3. The van der Waals surface area contributed by atoms with Gasteiger partial charge in [-0.05, 0) is 30.3 Å². The van der Waals surface area contributed by atoms with E-state index in [9.17, 15) is 4.79 Å². The molecule has 1 amide bonds. The van der Waals surface area contributed by atoms with E-state index in [1.165, 1.54) is 0 Å². The number of para-hydroxylation sites is 1. The van der Waals surface area contributed by atoms with Crippen LogP contribution in [0.4, 0.5) is 11.6 Å². The number of rotatable bonds is 5. The molecule has 0 radical (unpaired) electrons. The fourth-order valence-electron chi connectivity index (χ4n) is 2.64. The van der Waals surface area contributed by atoms with Crippen molar-refractivity contribution >= 4 is 28.4 Å². The SMILES string of the molecule is O=C(NCc1ccccn1)c1ccnc(Nc2cccc3cccnc23)n1. The van der Waals surface area contributed by atoms with E-state index in [-0.39, 0.29) is 11.6 Å². The molecule has 7 heteroatoms. The molecule has 0 spiro atoms. The molecule has 0 saturated carbocycles. The van der Waals surface area contributed by atoms with Crippen molar-refractivity contribution in [2.75, 3.05) is 5.32 Å². The summed E-state index contributed by atoms with van der Waals surface area (Å²) in [5.41, 5.74) is 2.64. The second-order valence-corrected chi connectivity index (χ2v) is 5.77. The molecule has 3 aromatic heterocycles. The summed E-state index contributed by atoms with van der Waals surface area (Å²) in [6, 6.07) is 16.8. The first-order valence-electron chi connectivity index (χ1n) is 8.41. The third kappa shape index (κ3) is 3.87. The van der Waals surface area contributed by atoms with Gasteiger partial charge in [0.2, 0.25) is 5.95 Å². The molecule has 0 aliphatic rings. The third-order valence-corrected chi connectivity index (χ3v) is 3.92. The van der Waals surface area contributed by atoms with E-state index in [2.05, 4.69) is 30.6 Å². The summed E-state index contributed by atoms with van der Waals surface area (Å²) in [4.78, 5) is 29.4. The van der Waals surface area contributed by atoms with Crippen LogP contribution in [0, 0.1) is 0 Å². The van der Waals surface area contributed by atoms with Crippen LogP contribution in [0.3, 0.4) is 0 Å². The molecule has 3 heterocycles. The molecule has 0 aliphatic carbocycles. The van der Waals surface area contributed by atoms with Crippen LogP contribution in [-0.4, -0.2) is 25.8 Å². The Morgan fingerprint density at radius 3 is 2.63 bits per heavy atom. The van der Waals surface area contributed by atoms with E-state index < -0.39 is 0 Å². The summed E-state index contributed by atoms with van der Waals surface area (Å²) in [7, 11) is 0. The molecule has 0 saturated heterocycles. The summed E-state index contributed by atoms with van der Waals surface area (Å²) < 4.78 is 0. The van der Waals surface area contributed by atoms with Crippen LogP contribution in [-0.2, 0) is 6.54 Å². The summed E-state index contributed by atoms with van der Waals surface area (Å²) >= 11 is 0. The van der Waals surface area contributed by atoms with Crippen LogP contribution in [0.2, 0.25) is 0 Å². The second kappa shape index (κ2) is 7.57. The van der Waals surface area contributed by atoms with Gasteiger partial charge < -0.3 is 10.6 Å². The molecule has 0 fully saturated rings. The van der Waals surface area contributed by atoms with Crippen LogP contribution in [0.1, 0.15) is 16.2 Å². The number of benzene rings is 1. The minimum Gasteiger partial charge on any atom is -0.345 e. The van der Waals surface area contributed by atoms with Gasteiger partial charge in [0.25, 0.3) is 5.91 Å². The smallest absolute Gasteiger partial charge is 0.270 e. The molecule has 27 heavy (non-hydrogen) atoms. The Morgan fingerprint density at radius 2 is 1.74 bits per heavy atom. The number of anilines is 2. The van der Waals surface area contributed by atoms with Crippen molar-refractivity contribution < 1.29 is 4.79 Å². The van der Waals surface area contributed by atoms with Crippen molar-refractivity contribution in [1.82, 2.24) is 25.3 Å². The van der Waals surface area contributed by atoms with Gasteiger partial charge in [0.1, 0.15) is 5.69 Å². The number of aromatic nitrogens is 4. The van der Waals surface area contributed by atoms with Gasteiger partial charge in [0.15, 0.2) is 0 Å². The molecule has 4 rings (SSSR count). The van der Waals surface area contributed by atoms with Crippen LogP contribution >= 0.6 is 0 Å². The van der Waals surface area contributed by atoms with Gasteiger partial charge in [-0.25, -0.2) is 9.97 Å². The summed E-state index contributed by atoms with van der Waals surface area (Å²) in [5.74, 6) is 0.0424. The average Bonchev–Trinajstić information content (AvgIpc) is 2.73. The number of nitrogens with zero attached hydrogens (tertiary/aromatic N) is 4. The Hall–Kier alpha value is -3.87. The standard InChI is InChI=1S/C20H16N6O/c27-19(24-13-15-7-1-2-10-21-15)17-9-12-23-20(26-17)25-16-8-3-5-14-6-4-11-22-18(14)16/h1-12H,13H2,(H,24,27)(H,23,25,26). The minimum absolute atomic E-state index is 0.275. The Bertz CT molecular complexity index is 1080. The van der Waals surface area contributed by atoms with Gasteiger partial charge in [0, 0.05) is 24.0 Å². The quantitative estimate of drug-likeness (QED) is 0.571. The van der Waals surface area contributed by atoms with Crippen LogP contribution in [0.5, 0.6) is 0 Å². The van der Waals surface area contributed by atoms with Gasteiger partial charge in [-0.3, -0.25) is 14.8 Å². The number of carbonyl (C=O) groups is 1. The van der Waals surface area contributed by atoms with Crippen molar-refractivity contribution in [3.8, 4) is 0 Å². The highest BCUT2D eigenvalue weighted by Gasteiger charge is 2.10. The summed E-state index contributed by atoms with van der Waals surface area (Å²) in [6.07, 6.45) is 4.96. The van der Waals surface area contributed by atoms with Gasteiger partial charge in [-0.1, -0.05) is 24.3 Å². The van der Waals surface area contributed by atoms with Crippen molar-refractivity contribution in [2.24, 2.45) is 0 Å². The number of nitrogens with one attached hydrogen (secondary N) is 2. The lowest BCUT2D eigenvalue weighted by Gasteiger charge is -2.09. The monoisotopic (exact) mass is 356 g/mol. The average molecular weight is 356 g/mol. The summed E-state index contributed by atoms with van der Waals surface area (Å²) in [6.45, 7) is 0.333. The number of pyridine rings is 2. The molecule has 2 N–H and O–H groups in total. The predicted molar refractivity (Wildman–Crippen MR) is 102 cm³/mol. The Morgan fingerprint density at radius 1 is 0.852 bits per heavy atom. The minimum atomic E-state index is -0.290. The number of amides is 1. The van der Waals surface area contributed by atoms with Crippen molar-refractivity contribution in [3.05, 3.63) is 84.6 Å². The highest BCUT2D eigenvalue weighted by molar-refractivity contribution is 5.93. The normalized spacial score (nSPS) is 10.5. The lowest BCUT2D eigenvalue weighted by molar-refractivity contribution is 0.0945. The zero-order valence-electron chi connectivity index (χ0n) is 14.3. The number of carbonyl (C=O) groups excluding carboxylic acids is 1. The van der Waals surface area contributed by atoms with Gasteiger partial charge in [-0.15, -0.1) is 0 Å². The zero-order chi connectivity index (χ0) is 18.5. The predicted octanol–water partition coefficient (Wildman–Crippen LogP) is 3.09. The molecule has 1 aromatic carbocycles. The van der Waals surface area contributed by atoms with Gasteiger partial charge in [0.05, 0.1) is 23.4 Å². The van der Waals surface area contributed by atoms with Crippen molar-refractivity contribution in [1.29, 1.82) is 0 Å². The molecule has 0 unspecified atom stereocenters. The molecule has 0 atom stereocenters. The van der Waals surface area contributed by atoms with Crippen LogP contribution in [0.25, 0.3) is 10.9 Å². The largest absolute Gasteiger partial charge is 0.345 e. The highest BCUT2D eigenvalue weighted by Crippen LogP contribution is 2.22. The summed E-state index contributed by atoms with van der Waals surface area (Å²) in [5, 5.41) is 6.95. The molecule has 4 aromatic rings. The van der Waals surface area contributed by atoms with Crippen molar-refractivity contribution in [3.63, 3.8) is 0 Å². The lowest BCUT2D eigenvalue weighted by atomic mass is 10.2. The first kappa shape index (κ1) is 16.6. The van der Waals surface area contributed by atoms with E-state index in [1.54, 1.807) is 24.7 Å². The maximum absolute atomic E-state index is 12.4. The molecule has 0 bridgehead atoms. The van der Waals surface area contributed by atoms with Crippen molar-refractivity contribution in [2.45, 2.75) is 6.54 Å². The van der Waals surface area contributed by atoms with Gasteiger partial charge >= 0.3 is 0 Å². The maximum atomic E-state index is 12.4. The van der Waals surface area contributed by atoms with E-state index in [0.29, 0.717) is 12.5 Å². The van der Waals surface area contributed by atoms with Crippen LogP contribution in [0.15, 0.2) is 73.2 Å². The number of fused-ring (bicyclic) bond motifs is 1. The van der Waals surface area contributed by atoms with E-state index in [1.807, 2.05) is 48.5 Å². The Kier molecular flexibility index (Phi) is 4.65. The molecular weight excluding hydrogens is 340 g/mol.